The van der Waals surface area contributed by atoms with Crippen LogP contribution in [0.2, 0.25) is 0 Å². The van der Waals surface area contributed by atoms with Gasteiger partial charge in [0.1, 0.15) is 0 Å². The summed E-state index contributed by atoms with van der Waals surface area (Å²) in [4.78, 5) is 16.4. The fraction of sp³-hybridized carbons (Fsp3) is 0.778. The van der Waals surface area contributed by atoms with Crippen molar-refractivity contribution in [2.75, 3.05) is 39.9 Å². The van der Waals surface area contributed by atoms with Gasteiger partial charge < -0.3 is 9.64 Å². The molecule has 1 spiro atoms. The summed E-state index contributed by atoms with van der Waals surface area (Å²) in [7, 11) is 1.77. The number of piperidine rings is 1. The summed E-state index contributed by atoms with van der Waals surface area (Å²) >= 11 is 0. The van der Waals surface area contributed by atoms with E-state index < -0.39 is 0 Å². The molecule has 0 aliphatic carbocycles. The van der Waals surface area contributed by atoms with Gasteiger partial charge in [0.05, 0.1) is 12.3 Å². The van der Waals surface area contributed by atoms with Crippen LogP contribution >= 0.6 is 0 Å². The van der Waals surface area contributed by atoms with Gasteiger partial charge in [-0.1, -0.05) is 0 Å². The van der Waals surface area contributed by atoms with Crippen LogP contribution in [0.5, 0.6) is 0 Å². The quantitative estimate of drug-likeness (QED) is 0.911. The summed E-state index contributed by atoms with van der Waals surface area (Å²) in [6, 6.07) is 0. The average molecular weight is 334 g/mol. The van der Waals surface area contributed by atoms with Crippen LogP contribution < -0.4 is 0 Å². The Morgan fingerprint density at radius 2 is 2.08 bits per heavy atom. The highest BCUT2D eigenvalue weighted by atomic mass is 16.5. The molecular weight excluding hydrogens is 304 g/mol. The van der Waals surface area contributed by atoms with Crippen LogP contribution in [-0.4, -0.2) is 65.8 Å². The zero-order valence-electron chi connectivity index (χ0n) is 15.4. The number of likely N-dealkylation sites (tertiary alicyclic amines) is 2. The van der Waals surface area contributed by atoms with E-state index in [1.807, 2.05) is 4.90 Å². The smallest absolute Gasteiger partial charge is 0.219 e. The van der Waals surface area contributed by atoms with Crippen molar-refractivity contribution < 1.29 is 9.53 Å². The third kappa shape index (κ3) is 3.22. The summed E-state index contributed by atoms with van der Waals surface area (Å²) in [6.45, 7) is 11.5. The number of hydrogen-bond acceptors (Lipinski definition) is 4. The summed E-state index contributed by atoms with van der Waals surface area (Å²) in [5, 5.41) is 7.39. The predicted octanol–water partition coefficient (Wildman–Crippen LogP) is 1.73. The molecule has 0 saturated carbocycles. The summed E-state index contributed by atoms with van der Waals surface area (Å²) in [5.41, 5.74) is 3.84. The van der Waals surface area contributed by atoms with Crippen molar-refractivity contribution in [1.29, 1.82) is 0 Å². The third-order valence-corrected chi connectivity index (χ3v) is 6.14. The Hall–Kier alpha value is -1.40. The maximum atomic E-state index is 11.8. The molecular formula is C18H30N4O2. The highest BCUT2D eigenvalue weighted by molar-refractivity contribution is 5.73. The largest absolute Gasteiger partial charge is 0.384 e. The molecule has 0 bridgehead atoms. The number of aromatic amines is 1. The third-order valence-electron chi connectivity index (χ3n) is 6.14. The molecule has 1 amide bonds. The number of carbonyl (C=O) groups is 1. The monoisotopic (exact) mass is 334 g/mol. The van der Waals surface area contributed by atoms with Crippen LogP contribution in [0, 0.1) is 25.2 Å². The van der Waals surface area contributed by atoms with Gasteiger partial charge in [-0.3, -0.25) is 14.8 Å². The molecule has 1 aromatic rings. The zero-order chi connectivity index (χ0) is 17.3. The van der Waals surface area contributed by atoms with Gasteiger partial charge in [-0.15, -0.1) is 0 Å². The Bertz CT molecular complexity index is 570. The lowest BCUT2D eigenvalue weighted by Crippen LogP contribution is -2.45. The van der Waals surface area contributed by atoms with E-state index in [9.17, 15) is 4.79 Å². The van der Waals surface area contributed by atoms with Crippen LogP contribution in [0.15, 0.2) is 0 Å². The molecule has 2 aliphatic heterocycles. The maximum absolute atomic E-state index is 11.8. The van der Waals surface area contributed by atoms with Crippen molar-refractivity contribution in [1.82, 2.24) is 20.0 Å². The van der Waals surface area contributed by atoms with E-state index >= 15 is 0 Å². The second kappa shape index (κ2) is 6.84. The Labute approximate surface area is 144 Å². The lowest BCUT2D eigenvalue weighted by atomic mass is 9.71. The lowest BCUT2D eigenvalue weighted by molar-refractivity contribution is -0.128. The first-order chi connectivity index (χ1) is 11.4. The van der Waals surface area contributed by atoms with Crippen molar-refractivity contribution in [3.05, 3.63) is 17.0 Å². The lowest BCUT2D eigenvalue weighted by Gasteiger charge is -2.42. The first kappa shape index (κ1) is 17.4. The van der Waals surface area contributed by atoms with E-state index in [0.717, 1.165) is 57.9 Å². The second-order valence-electron chi connectivity index (χ2n) is 7.60. The first-order valence-corrected chi connectivity index (χ1v) is 8.92. The van der Waals surface area contributed by atoms with Crippen LogP contribution in [0.4, 0.5) is 0 Å². The molecule has 2 fully saturated rings. The Kier molecular flexibility index (Phi) is 4.97. The number of methoxy groups -OCH3 is 1. The number of H-pyrrole nitrogens is 1. The number of nitrogens with zero attached hydrogens (tertiary/aromatic N) is 3. The molecule has 6 heteroatoms. The summed E-state index contributed by atoms with van der Waals surface area (Å²) in [5.74, 6) is 0.658. The Morgan fingerprint density at radius 3 is 2.62 bits per heavy atom. The number of ether oxygens (including phenoxy) is 1. The van der Waals surface area contributed by atoms with Gasteiger partial charge in [0.25, 0.3) is 0 Å². The van der Waals surface area contributed by atoms with Crippen LogP contribution in [0.3, 0.4) is 0 Å². The minimum Gasteiger partial charge on any atom is -0.384 e. The van der Waals surface area contributed by atoms with Gasteiger partial charge in [-0.05, 0) is 45.2 Å². The average Bonchev–Trinajstić information content (AvgIpc) is 3.06. The first-order valence-electron chi connectivity index (χ1n) is 8.92. The van der Waals surface area contributed by atoms with Gasteiger partial charge in [-0.2, -0.15) is 5.10 Å². The highest BCUT2D eigenvalue weighted by Gasteiger charge is 2.48. The van der Waals surface area contributed by atoms with Gasteiger partial charge in [0.2, 0.25) is 5.91 Å². The van der Waals surface area contributed by atoms with E-state index in [1.165, 1.54) is 11.3 Å². The van der Waals surface area contributed by atoms with Crippen LogP contribution in [-0.2, 0) is 16.1 Å². The highest BCUT2D eigenvalue weighted by Crippen LogP contribution is 2.45. The van der Waals surface area contributed by atoms with E-state index in [1.54, 1.807) is 14.0 Å². The number of amides is 1. The maximum Gasteiger partial charge on any atom is 0.219 e. The molecule has 2 aliphatic rings. The van der Waals surface area contributed by atoms with Gasteiger partial charge in [-0.25, -0.2) is 0 Å². The number of nitrogens with one attached hydrogen (secondary N) is 1. The van der Waals surface area contributed by atoms with Crippen molar-refractivity contribution in [2.24, 2.45) is 11.3 Å². The topological polar surface area (TPSA) is 61.5 Å². The number of carbonyl (C=O) groups excluding carboxylic acids is 1. The summed E-state index contributed by atoms with van der Waals surface area (Å²) in [6.07, 6.45) is 2.28. The van der Waals surface area contributed by atoms with Gasteiger partial charge in [0, 0.05) is 50.8 Å². The SMILES string of the molecule is COCC1CN(C(C)=O)CC12CCN(Cc1c(C)n[nH]c1C)CC2. The van der Waals surface area contributed by atoms with Gasteiger partial charge >= 0.3 is 0 Å². The fourth-order valence-electron chi connectivity index (χ4n) is 4.46. The number of rotatable bonds is 4. The second-order valence-corrected chi connectivity index (χ2v) is 7.60. The van der Waals surface area contributed by atoms with E-state index in [4.69, 9.17) is 4.74 Å². The molecule has 1 aromatic heterocycles. The minimum atomic E-state index is 0.194. The van der Waals surface area contributed by atoms with Crippen molar-refractivity contribution in [2.45, 2.75) is 40.2 Å². The normalized spacial score (nSPS) is 24.0. The predicted molar refractivity (Wildman–Crippen MR) is 92.6 cm³/mol. The Morgan fingerprint density at radius 1 is 1.38 bits per heavy atom. The summed E-state index contributed by atoms with van der Waals surface area (Å²) < 4.78 is 5.46. The van der Waals surface area contributed by atoms with E-state index in [-0.39, 0.29) is 11.3 Å². The number of hydrogen-bond donors (Lipinski definition) is 1. The molecule has 1 unspecified atom stereocenters. The fourth-order valence-corrected chi connectivity index (χ4v) is 4.46. The molecule has 0 radical (unpaired) electrons. The Balaban J connectivity index is 1.65. The molecule has 1 N–H and O–H groups in total. The molecule has 3 rings (SSSR count). The van der Waals surface area contributed by atoms with E-state index in [0.29, 0.717) is 5.92 Å². The molecule has 1 atom stereocenters. The van der Waals surface area contributed by atoms with Crippen molar-refractivity contribution in [3.8, 4) is 0 Å². The van der Waals surface area contributed by atoms with Crippen molar-refractivity contribution in [3.63, 3.8) is 0 Å². The van der Waals surface area contributed by atoms with Crippen LogP contribution in [0.1, 0.15) is 36.7 Å². The number of aryl methyl sites for hydroxylation is 2. The van der Waals surface area contributed by atoms with Crippen molar-refractivity contribution >= 4 is 5.91 Å². The number of aromatic nitrogens is 2. The molecule has 24 heavy (non-hydrogen) atoms. The van der Waals surface area contributed by atoms with Gasteiger partial charge in [0.15, 0.2) is 0 Å². The van der Waals surface area contributed by atoms with Crippen LogP contribution in [0.25, 0.3) is 0 Å². The molecule has 0 aromatic carbocycles. The zero-order valence-corrected chi connectivity index (χ0v) is 15.4. The molecule has 2 saturated heterocycles. The standard InChI is InChI=1S/C18H30N4O2/c1-13-17(14(2)20-19-13)10-21-7-5-18(6-8-21)12-22(15(3)23)9-16(18)11-24-4/h16H,5-12H2,1-4H3,(H,19,20). The molecule has 6 nitrogen and oxygen atoms in total. The molecule has 3 heterocycles. The molecule has 134 valence electrons. The van der Waals surface area contributed by atoms with E-state index in [2.05, 4.69) is 28.9 Å². The minimum absolute atomic E-state index is 0.194.